The minimum atomic E-state index is -0.0820. The summed E-state index contributed by atoms with van der Waals surface area (Å²) >= 11 is 0. The van der Waals surface area contributed by atoms with Crippen LogP contribution in [0.4, 0.5) is 0 Å². The zero-order valence-electron chi connectivity index (χ0n) is 4.18. The summed E-state index contributed by atoms with van der Waals surface area (Å²) < 4.78 is 4.16. The lowest BCUT2D eigenvalue weighted by Crippen LogP contribution is -2.21. The molecule has 1 atom stereocenters. The maximum Gasteiger partial charge on any atom is 0.417 e. The monoisotopic (exact) mass is 102 g/mol. The first-order chi connectivity index (χ1) is 3.27. The van der Waals surface area contributed by atoms with Gasteiger partial charge in [-0.15, -0.1) is 0 Å². The predicted octanol–water partition coefficient (Wildman–Crippen LogP) is -0.583. The topological polar surface area (TPSA) is 52.3 Å². The first-order valence-corrected chi connectivity index (χ1v) is 2.02. The van der Waals surface area contributed by atoms with Crippen LogP contribution in [0.15, 0.2) is 0 Å². The lowest BCUT2D eigenvalue weighted by molar-refractivity contribution is 0.261. The van der Waals surface area contributed by atoms with Crippen molar-refractivity contribution >= 4 is 6.47 Å². The van der Waals surface area contributed by atoms with Crippen molar-refractivity contribution in [3.05, 3.63) is 0 Å². The Bertz CT molecular complexity index is 53.7. The van der Waals surface area contributed by atoms with Crippen molar-refractivity contribution in [2.45, 2.75) is 13.0 Å². The third-order valence-corrected chi connectivity index (χ3v) is 0.405. The van der Waals surface area contributed by atoms with Crippen molar-refractivity contribution in [2.24, 2.45) is 5.73 Å². The number of ether oxygens (including phenoxy) is 1. The molecule has 1 unspecified atom stereocenters. The number of hydrogen-bond donors (Lipinski definition) is 1. The van der Waals surface area contributed by atoms with Crippen molar-refractivity contribution in [3.63, 3.8) is 0 Å². The predicted molar refractivity (Wildman–Crippen MR) is 25.3 cm³/mol. The van der Waals surface area contributed by atoms with Crippen LogP contribution < -0.4 is 5.73 Å². The summed E-state index contributed by atoms with van der Waals surface area (Å²) in [5.41, 5.74) is 5.17. The molecular formula is C4H8NO2. The van der Waals surface area contributed by atoms with Gasteiger partial charge >= 0.3 is 6.47 Å². The Labute approximate surface area is 42.4 Å². The van der Waals surface area contributed by atoms with Crippen LogP contribution in [0.25, 0.3) is 0 Å². The fraction of sp³-hybridized carbons (Fsp3) is 0.750. The van der Waals surface area contributed by atoms with Gasteiger partial charge in [-0.25, -0.2) is 4.79 Å². The second-order valence-corrected chi connectivity index (χ2v) is 1.37. The van der Waals surface area contributed by atoms with Crippen LogP contribution >= 0.6 is 0 Å². The number of nitrogens with two attached hydrogens (primary N) is 1. The summed E-state index contributed by atoms with van der Waals surface area (Å²) in [6.45, 7) is 3.27. The first kappa shape index (κ1) is 6.43. The smallest absolute Gasteiger partial charge is 0.417 e. The molecule has 1 radical (unpaired) electrons. The number of rotatable bonds is 3. The minimum absolute atomic E-state index is 0.0820. The van der Waals surface area contributed by atoms with Crippen LogP contribution in [0.3, 0.4) is 0 Å². The molecule has 0 aromatic carbocycles. The summed E-state index contributed by atoms with van der Waals surface area (Å²) in [5.74, 6) is 0. The van der Waals surface area contributed by atoms with Crippen molar-refractivity contribution < 1.29 is 9.53 Å². The molecular weight excluding hydrogens is 94.0 g/mol. The van der Waals surface area contributed by atoms with Crippen molar-refractivity contribution in [3.8, 4) is 0 Å². The first-order valence-electron chi connectivity index (χ1n) is 2.02. The largest absolute Gasteiger partial charge is 0.456 e. The van der Waals surface area contributed by atoms with Crippen molar-refractivity contribution in [2.75, 3.05) is 6.61 Å². The highest BCUT2D eigenvalue weighted by Crippen LogP contribution is 1.72. The Morgan fingerprint density at radius 1 is 2.00 bits per heavy atom. The number of hydrogen-bond acceptors (Lipinski definition) is 3. The van der Waals surface area contributed by atoms with E-state index in [1.54, 1.807) is 6.92 Å². The van der Waals surface area contributed by atoms with Gasteiger partial charge in [0.25, 0.3) is 0 Å². The van der Waals surface area contributed by atoms with Gasteiger partial charge in [0.2, 0.25) is 0 Å². The zero-order valence-corrected chi connectivity index (χ0v) is 4.18. The molecule has 0 aromatic rings. The van der Waals surface area contributed by atoms with Gasteiger partial charge in [0.1, 0.15) is 6.61 Å². The molecule has 7 heavy (non-hydrogen) atoms. The van der Waals surface area contributed by atoms with E-state index in [-0.39, 0.29) is 12.6 Å². The van der Waals surface area contributed by atoms with E-state index < -0.39 is 0 Å². The quantitative estimate of drug-likeness (QED) is 0.518. The van der Waals surface area contributed by atoms with E-state index in [1.807, 2.05) is 0 Å². The highest BCUT2D eigenvalue weighted by atomic mass is 16.5. The Morgan fingerprint density at radius 2 is 2.57 bits per heavy atom. The normalized spacial score (nSPS) is 12.9. The van der Waals surface area contributed by atoms with Gasteiger partial charge in [-0.2, -0.15) is 0 Å². The fourth-order valence-electron chi connectivity index (χ4n) is 0.165. The second-order valence-electron chi connectivity index (χ2n) is 1.37. The Hall–Kier alpha value is -0.570. The van der Waals surface area contributed by atoms with E-state index in [4.69, 9.17) is 5.73 Å². The van der Waals surface area contributed by atoms with E-state index in [0.717, 1.165) is 0 Å². The van der Waals surface area contributed by atoms with Crippen LogP contribution in [-0.4, -0.2) is 19.1 Å². The van der Waals surface area contributed by atoms with Gasteiger partial charge in [0, 0.05) is 6.04 Å². The van der Waals surface area contributed by atoms with Crippen LogP contribution in [0.5, 0.6) is 0 Å². The highest BCUT2D eigenvalue weighted by molar-refractivity contribution is 5.38. The van der Waals surface area contributed by atoms with Crippen LogP contribution in [-0.2, 0) is 9.53 Å². The summed E-state index contributed by atoms with van der Waals surface area (Å²) in [4.78, 5) is 9.31. The molecule has 0 spiro atoms. The molecule has 0 aliphatic rings. The molecule has 0 rings (SSSR count). The summed E-state index contributed by atoms with van der Waals surface area (Å²) in [7, 11) is 0. The molecule has 0 amide bonds. The zero-order chi connectivity index (χ0) is 5.70. The van der Waals surface area contributed by atoms with Crippen LogP contribution in [0.1, 0.15) is 6.92 Å². The van der Waals surface area contributed by atoms with E-state index in [2.05, 4.69) is 4.74 Å². The Balaban J connectivity index is 2.81. The van der Waals surface area contributed by atoms with Gasteiger partial charge in [-0.3, -0.25) is 0 Å². The average molecular weight is 102 g/mol. The van der Waals surface area contributed by atoms with E-state index in [1.165, 1.54) is 6.47 Å². The summed E-state index contributed by atoms with van der Waals surface area (Å²) in [5, 5.41) is 0. The molecule has 2 N–H and O–H groups in total. The third-order valence-electron chi connectivity index (χ3n) is 0.405. The van der Waals surface area contributed by atoms with Crippen molar-refractivity contribution in [1.29, 1.82) is 0 Å². The van der Waals surface area contributed by atoms with Gasteiger partial charge in [0.15, 0.2) is 0 Å². The van der Waals surface area contributed by atoms with E-state index in [9.17, 15) is 4.79 Å². The molecule has 41 valence electrons. The standard InChI is InChI=1S/C4H8NO2/c1-4(5)2-7-3-6/h4H,2,5H2,1H3. The van der Waals surface area contributed by atoms with Gasteiger partial charge in [-0.05, 0) is 6.92 Å². The highest BCUT2D eigenvalue weighted by Gasteiger charge is 1.89. The lowest BCUT2D eigenvalue weighted by Gasteiger charge is -1.98. The van der Waals surface area contributed by atoms with Crippen LogP contribution in [0.2, 0.25) is 0 Å². The third kappa shape index (κ3) is 5.43. The minimum Gasteiger partial charge on any atom is -0.456 e. The van der Waals surface area contributed by atoms with Crippen molar-refractivity contribution in [1.82, 2.24) is 0 Å². The van der Waals surface area contributed by atoms with E-state index >= 15 is 0 Å². The molecule has 0 saturated carbocycles. The molecule has 0 bridgehead atoms. The lowest BCUT2D eigenvalue weighted by atomic mass is 10.4. The molecule has 0 saturated heterocycles. The fourth-order valence-corrected chi connectivity index (χ4v) is 0.165. The molecule has 0 aliphatic carbocycles. The van der Waals surface area contributed by atoms with Gasteiger partial charge in [0.05, 0.1) is 0 Å². The molecule has 0 fully saturated rings. The summed E-state index contributed by atoms with van der Waals surface area (Å²) in [6, 6.07) is -0.0820. The van der Waals surface area contributed by atoms with Gasteiger partial charge < -0.3 is 10.5 Å². The molecule has 3 nitrogen and oxygen atoms in total. The average Bonchev–Trinajstić information content (AvgIpc) is 1.61. The molecule has 0 heterocycles. The van der Waals surface area contributed by atoms with E-state index in [0.29, 0.717) is 0 Å². The molecule has 0 aromatic heterocycles. The second kappa shape index (κ2) is 3.61. The summed E-state index contributed by atoms with van der Waals surface area (Å²) in [6.07, 6.45) is 0. The van der Waals surface area contributed by atoms with Gasteiger partial charge in [-0.1, -0.05) is 0 Å². The molecule has 0 aliphatic heterocycles. The molecule has 3 heteroatoms. The maximum atomic E-state index is 9.31. The SMILES string of the molecule is CC(N)CO[C]=O. The number of carbonyl (C=O) groups excluding carboxylic acids is 1. The van der Waals surface area contributed by atoms with Crippen LogP contribution in [0, 0.1) is 0 Å². The Kier molecular flexibility index (Phi) is 3.32. The maximum absolute atomic E-state index is 9.31. The Morgan fingerprint density at radius 3 is 2.71 bits per heavy atom.